The van der Waals surface area contributed by atoms with Crippen LogP contribution in [-0.2, 0) is 9.59 Å². The SMILES string of the molecule is CN(C)C1(CNC(=O)CCCCC(=O)O)CCCCC1. The molecule has 0 aliphatic heterocycles. The first-order valence-corrected chi connectivity index (χ1v) is 7.62. The van der Waals surface area contributed by atoms with E-state index in [1.165, 1.54) is 19.3 Å². The van der Waals surface area contributed by atoms with E-state index in [4.69, 9.17) is 5.11 Å². The maximum Gasteiger partial charge on any atom is 0.303 e. The average Bonchev–Trinajstić information content (AvgIpc) is 2.42. The lowest BCUT2D eigenvalue weighted by molar-refractivity contribution is -0.137. The van der Waals surface area contributed by atoms with Crippen molar-refractivity contribution in [1.82, 2.24) is 10.2 Å². The average molecular weight is 284 g/mol. The molecule has 0 saturated heterocycles. The molecule has 0 spiro atoms. The van der Waals surface area contributed by atoms with E-state index in [0.717, 1.165) is 12.8 Å². The van der Waals surface area contributed by atoms with Crippen molar-refractivity contribution in [3.8, 4) is 0 Å². The normalized spacial score (nSPS) is 17.9. The van der Waals surface area contributed by atoms with Gasteiger partial charge in [-0.15, -0.1) is 0 Å². The van der Waals surface area contributed by atoms with E-state index in [1.807, 2.05) is 0 Å². The van der Waals surface area contributed by atoms with Crippen molar-refractivity contribution in [2.24, 2.45) is 0 Å². The minimum atomic E-state index is -0.792. The second-order valence-corrected chi connectivity index (χ2v) is 6.06. The lowest BCUT2D eigenvalue weighted by Gasteiger charge is -2.43. The molecule has 116 valence electrons. The van der Waals surface area contributed by atoms with Crippen molar-refractivity contribution in [2.45, 2.75) is 63.3 Å². The van der Waals surface area contributed by atoms with Gasteiger partial charge in [-0.1, -0.05) is 19.3 Å². The third-order valence-electron chi connectivity index (χ3n) is 4.39. The van der Waals surface area contributed by atoms with Gasteiger partial charge in [-0.3, -0.25) is 9.59 Å². The summed E-state index contributed by atoms with van der Waals surface area (Å²) in [5.41, 5.74) is 0.106. The second-order valence-electron chi connectivity index (χ2n) is 6.06. The Balaban J connectivity index is 2.28. The number of likely N-dealkylation sites (N-methyl/N-ethyl adjacent to an activating group) is 1. The largest absolute Gasteiger partial charge is 0.481 e. The molecule has 5 nitrogen and oxygen atoms in total. The molecule has 0 aromatic heterocycles. The minimum Gasteiger partial charge on any atom is -0.481 e. The number of carbonyl (C=O) groups excluding carboxylic acids is 1. The van der Waals surface area contributed by atoms with E-state index in [2.05, 4.69) is 24.3 Å². The molecule has 1 fully saturated rings. The van der Waals surface area contributed by atoms with Crippen molar-refractivity contribution in [2.75, 3.05) is 20.6 Å². The van der Waals surface area contributed by atoms with Gasteiger partial charge >= 0.3 is 5.97 Å². The van der Waals surface area contributed by atoms with Crippen LogP contribution in [0.5, 0.6) is 0 Å². The van der Waals surface area contributed by atoms with Gasteiger partial charge in [0.05, 0.1) is 0 Å². The van der Waals surface area contributed by atoms with Crippen LogP contribution in [0.1, 0.15) is 57.8 Å². The van der Waals surface area contributed by atoms with Crippen LogP contribution in [0, 0.1) is 0 Å². The van der Waals surface area contributed by atoms with Crippen molar-refractivity contribution in [1.29, 1.82) is 0 Å². The van der Waals surface area contributed by atoms with E-state index in [9.17, 15) is 9.59 Å². The first-order chi connectivity index (χ1) is 9.46. The Bertz CT molecular complexity index is 323. The van der Waals surface area contributed by atoms with E-state index >= 15 is 0 Å². The molecule has 0 bridgehead atoms. The highest BCUT2D eigenvalue weighted by molar-refractivity contribution is 5.76. The van der Waals surface area contributed by atoms with E-state index in [0.29, 0.717) is 25.8 Å². The summed E-state index contributed by atoms with van der Waals surface area (Å²) in [6.07, 6.45) is 7.82. The molecule has 1 saturated carbocycles. The van der Waals surface area contributed by atoms with Crippen LogP contribution in [0.15, 0.2) is 0 Å². The molecular formula is C15H28N2O3. The molecule has 0 unspecified atom stereocenters. The summed E-state index contributed by atoms with van der Waals surface area (Å²) in [6, 6.07) is 0. The predicted octanol–water partition coefficient (Wildman–Crippen LogP) is 2.01. The lowest BCUT2D eigenvalue weighted by Crippen LogP contribution is -2.53. The molecule has 1 aliphatic rings. The van der Waals surface area contributed by atoms with Crippen LogP contribution in [0.4, 0.5) is 0 Å². The van der Waals surface area contributed by atoms with Gasteiger partial charge in [-0.25, -0.2) is 0 Å². The Morgan fingerprint density at radius 3 is 2.25 bits per heavy atom. The molecule has 0 radical (unpaired) electrons. The number of unbranched alkanes of at least 4 members (excludes halogenated alkanes) is 1. The topological polar surface area (TPSA) is 69.6 Å². The molecule has 0 aromatic rings. The first kappa shape index (κ1) is 17.0. The highest BCUT2D eigenvalue weighted by Gasteiger charge is 2.34. The number of carboxylic acid groups (broad SMARTS) is 1. The van der Waals surface area contributed by atoms with Crippen molar-refractivity contribution < 1.29 is 14.7 Å². The summed E-state index contributed by atoms with van der Waals surface area (Å²) in [6.45, 7) is 0.706. The fraction of sp³-hybridized carbons (Fsp3) is 0.867. The quantitative estimate of drug-likeness (QED) is 0.669. The van der Waals surface area contributed by atoms with E-state index in [1.54, 1.807) is 0 Å². The smallest absolute Gasteiger partial charge is 0.303 e. The second kappa shape index (κ2) is 8.25. The van der Waals surface area contributed by atoms with Gasteiger partial charge in [0, 0.05) is 24.9 Å². The Labute approximate surface area is 121 Å². The molecule has 1 rings (SSSR count). The molecule has 2 N–H and O–H groups in total. The van der Waals surface area contributed by atoms with Crippen LogP contribution >= 0.6 is 0 Å². The first-order valence-electron chi connectivity index (χ1n) is 7.62. The van der Waals surface area contributed by atoms with Crippen LogP contribution in [0.3, 0.4) is 0 Å². The van der Waals surface area contributed by atoms with Gasteiger partial charge in [0.2, 0.25) is 5.91 Å². The predicted molar refractivity (Wildman–Crippen MR) is 78.6 cm³/mol. The lowest BCUT2D eigenvalue weighted by atomic mass is 9.80. The highest BCUT2D eigenvalue weighted by Crippen LogP contribution is 2.31. The van der Waals surface area contributed by atoms with Gasteiger partial charge in [0.25, 0.3) is 0 Å². The molecule has 1 aliphatic carbocycles. The molecule has 0 atom stereocenters. The van der Waals surface area contributed by atoms with Gasteiger partial charge in [-0.2, -0.15) is 0 Å². The number of aliphatic carboxylic acids is 1. The Morgan fingerprint density at radius 2 is 1.70 bits per heavy atom. The van der Waals surface area contributed by atoms with Gasteiger partial charge in [0.1, 0.15) is 0 Å². The third kappa shape index (κ3) is 5.49. The van der Waals surface area contributed by atoms with Crippen molar-refractivity contribution in [3.05, 3.63) is 0 Å². The standard InChI is InChI=1S/C15H28N2O3/c1-17(2)15(10-6-3-7-11-15)12-16-13(18)8-4-5-9-14(19)20/h3-12H2,1-2H3,(H,16,18)(H,19,20). The van der Waals surface area contributed by atoms with Gasteiger partial charge in [-0.05, 0) is 39.8 Å². The summed E-state index contributed by atoms with van der Waals surface area (Å²) in [7, 11) is 4.18. The van der Waals surface area contributed by atoms with Crippen molar-refractivity contribution in [3.63, 3.8) is 0 Å². The van der Waals surface area contributed by atoms with Crippen LogP contribution in [0.25, 0.3) is 0 Å². The Kier molecular flexibility index (Phi) is 6.99. The maximum absolute atomic E-state index is 11.8. The Morgan fingerprint density at radius 1 is 1.10 bits per heavy atom. The summed E-state index contributed by atoms with van der Waals surface area (Å²) < 4.78 is 0. The summed E-state index contributed by atoms with van der Waals surface area (Å²) in [5, 5.41) is 11.6. The molecular weight excluding hydrogens is 256 g/mol. The molecule has 1 amide bonds. The zero-order valence-electron chi connectivity index (χ0n) is 12.8. The number of carbonyl (C=O) groups is 2. The minimum absolute atomic E-state index is 0.0437. The molecule has 5 heteroatoms. The number of nitrogens with zero attached hydrogens (tertiary/aromatic N) is 1. The van der Waals surface area contributed by atoms with E-state index in [-0.39, 0.29) is 17.9 Å². The summed E-state index contributed by atoms with van der Waals surface area (Å²) in [4.78, 5) is 24.5. The Hall–Kier alpha value is -1.10. The summed E-state index contributed by atoms with van der Waals surface area (Å²) >= 11 is 0. The number of hydrogen-bond acceptors (Lipinski definition) is 3. The van der Waals surface area contributed by atoms with Gasteiger partial charge < -0.3 is 15.3 Å². The van der Waals surface area contributed by atoms with Gasteiger partial charge in [0.15, 0.2) is 0 Å². The molecule has 0 heterocycles. The third-order valence-corrected chi connectivity index (χ3v) is 4.39. The molecule has 0 aromatic carbocycles. The maximum atomic E-state index is 11.8. The number of nitrogens with one attached hydrogen (secondary N) is 1. The van der Waals surface area contributed by atoms with Crippen LogP contribution in [0.2, 0.25) is 0 Å². The highest BCUT2D eigenvalue weighted by atomic mass is 16.4. The van der Waals surface area contributed by atoms with Crippen molar-refractivity contribution >= 4 is 11.9 Å². The number of amides is 1. The fourth-order valence-electron chi connectivity index (χ4n) is 2.91. The van der Waals surface area contributed by atoms with Crippen LogP contribution in [-0.4, -0.2) is 48.1 Å². The zero-order chi connectivity index (χ0) is 15.0. The summed E-state index contributed by atoms with van der Waals surface area (Å²) in [5.74, 6) is -0.749. The number of hydrogen-bond donors (Lipinski definition) is 2. The van der Waals surface area contributed by atoms with E-state index < -0.39 is 5.97 Å². The molecule has 20 heavy (non-hydrogen) atoms. The fourth-order valence-corrected chi connectivity index (χ4v) is 2.91. The van der Waals surface area contributed by atoms with Crippen LogP contribution < -0.4 is 5.32 Å². The monoisotopic (exact) mass is 284 g/mol. The number of carboxylic acids is 1. The number of rotatable bonds is 8. The zero-order valence-corrected chi connectivity index (χ0v) is 12.8.